The van der Waals surface area contributed by atoms with Crippen LogP contribution < -0.4 is 4.57 Å². The predicted molar refractivity (Wildman–Crippen MR) is 63.0 cm³/mol. The van der Waals surface area contributed by atoms with Gasteiger partial charge in [0.1, 0.15) is 0 Å². The van der Waals surface area contributed by atoms with Gasteiger partial charge in [-0.05, 0) is 18.6 Å². The fourth-order valence-corrected chi connectivity index (χ4v) is 1.22. The van der Waals surface area contributed by atoms with Crippen molar-refractivity contribution in [3.05, 3.63) is 42.2 Å². The lowest BCUT2D eigenvalue weighted by Crippen LogP contribution is -2.39. The second-order valence-corrected chi connectivity index (χ2v) is 4.45. The molecular weight excluding hydrogens is 258 g/mol. The zero-order valence-electron chi connectivity index (χ0n) is 11.1. The Morgan fingerprint density at radius 3 is 2.28 bits per heavy atom. The summed E-state index contributed by atoms with van der Waals surface area (Å²) in [7, 11) is -5.17. The van der Waals surface area contributed by atoms with E-state index in [-0.39, 0.29) is 7.21 Å². The van der Waals surface area contributed by atoms with Gasteiger partial charge in [0.25, 0.3) is 0 Å². The first-order chi connectivity index (χ1) is 8.11. The van der Waals surface area contributed by atoms with Gasteiger partial charge in [0.2, 0.25) is 11.5 Å². The number of aromatic nitrogens is 1. The molecule has 1 aromatic heterocycles. The highest BCUT2D eigenvalue weighted by Crippen LogP contribution is 1.95. The normalized spacial score (nSPS) is 10.2. The number of Topliss-reactive ketones (excluding diaryl/α,β-unsaturated/α-hetero) is 1. The zero-order chi connectivity index (χ0) is 14.3. The third kappa shape index (κ3) is 8.57. The van der Waals surface area contributed by atoms with Crippen LogP contribution in [0.1, 0.15) is 25.8 Å². The average molecular weight is 273 g/mol. The maximum atomic E-state index is 11.2. The van der Waals surface area contributed by atoms with E-state index in [0.29, 0.717) is 6.54 Å². The molecule has 0 atom stereocenters. The fraction of sp³-hybridized carbons (Fsp3) is 0.273. The van der Waals surface area contributed by atoms with Crippen LogP contribution in [-0.2, 0) is 16.9 Å². The molecule has 1 heterocycles. The Morgan fingerprint density at radius 1 is 1.39 bits per heavy atom. The summed E-state index contributed by atoms with van der Waals surface area (Å²) in [5, 5.41) is 0. The summed E-state index contributed by atoms with van der Waals surface area (Å²) in [6, 6.07) is 5.60. The van der Waals surface area contributed by atoms with Gasteiger partial charge in [-0.25, -0.2) is 0 Å². The Labute approximate surface area is 108 Å². The van der Waals surface area contributed by atoms with Crippen LogP contribution in [0.4, 0.5) is 0 Å². The van der Waals surface area contributed by atoms with E-state index in [0.717, 1.165) is 11.3 Å². The van der Waals surface area contributed by atoms with Crippen LogP contribution in [-0.4, -0.2) is 23.3 Å². The topological polar surface area (TPSA) is 101 Å². The molecule has 0 saturated carbocycles. The second kappa shape index (κ2) is 7.00. The van der Waals surface area contributed by atoms with Crippen LogP contribution in [0.5, 0.6) is 0 Å². The SMILES string of the molecule is C=C(C)C[n+]1ccccc1C(C)=O.O=S(=O)([O-])[O-].[H+]. The van der Waals surface area contributed by atoms with E-state index < -0.39 is 10.4 Å². The first kappa shape index (κ1) is 16.4. The highest BCUT2D eigenvalue weighted by Gasteiger charge is 2.13. The Morgan fingerprint density at radius 2 is 1.89 bits per heavy atom. The molecule has 1 aromatic rings. The average Bonchev–Trinajstić information content (AvgIpc) is 2.14. The van der Waals surface area contributed by atoms with Crippen LogP contribution in [0, 0.1) is 0 Å². The Bertz CT molecular complexity index is 534. The summed E-state index contributed by atoms with van der Waals surface area (Å²) in [6.45, 7) is 8.04. The number of hydrogen-bond acceptors (Lipinski definition) is 5. The molecule has 0 spiro atoms. The van der Waals surface area contributed by atoms with Crippen molar-refractivity contribution in [2.24, 2.45) is 0 Å². The summed E-state index contributed by atoms with van der Waals surface area (Å²) < 4.78 is 36.0. The number of rotatable bonds is 3. The van der Waals surface area contributed by atoms with Gasteiger partial charge in [0, 0.05) is 29.5 Å². The standard InChI is InChI=1S/C11H14NO.H2O4S/c1-9(2)8-12-7-5-4-6-11(12)10(3)13;1-5(2,3)4/h4-7H,1,8H2,2-3H3;(H2,1,2,3,4)/q+1;/p-1. The van der Waals surface area contributed by atoms with Crippen molar-refractivity contribution in [3.8, 4) is 0 Å². The number of ketones is 1. The third-order valence-corrected chi connectivity index (χ3v) is 1.74. The van der Waals surface area contributed by atoms with E-state index in [2.05, 4.69) is 6.58 Å². The lowest BCUT2D eigenvalue weighted by molar-refractivity contribution is -0.690. The Balaban J connectivity index is 0. The van der Waals surface area contributed by atoms with Crippen molar-refractivity contribution in [2.75, 3.05) is 0 Å². The van der Waals surface area contributed by atoms with E-state index in [9.17, 15) is 4.79 Å². The van der Waals surface area contributed by atoms with Gasteiger partial charge in [-0.1, -0.05) is 6.58 Å². The van der Waals surface area contributed by atoms with Crippen LogP contribution in [0.3, 0.4) is 0 Å². The van der Waals surface area contributed by atoms with Crippen LogP contribution in [0.15, 0.2) is 36.5 Å². The van der Waals surface area contributed by atoms with E-state index in [1.807, 2.05) is 35.9 Å². The van der Waals surface area contributed by atoms with Crippen molar-refractivity contribution < 1.29 is 28.3 Å². The monoisotopic (exact) mass is 273 g/mol. The minimum Gasteiger partial charge on any atom is -0.759 e. The largest absolute Gasteiger partial charge is 1.00 e. The van der Waals surface area contributed by atoms with Crippen LogP contribution in [0.2, 0.25) is 0 Å². The molecule has 0 aliphatic carbocycles. The Kier molecular flexibility index (Phi) is 6.39. The van der Waals surface area contributed by atoms with Crippen molar-refractivity contribution in [2.45, 2.75) is 20.4 Å². The second-order valence-electron chi connectivity index (χ2n) is 3.64. The highest BCUT2D eigenvalue weighted by atomic mass is 32.3. The first-order valence-electron chi connectivity index (χ1n) is 4.91. The van der Waals surface area contributed by atoms with Gasteiger partial charge in [-0.2, -0.15) is 4.57 Å². The molecule has 0 bridgehead atoms. The number of pyridine rings is 1. The van der Waals surface area contributed by atoms with Crippen molar-refractivity contribution in [1.82, 2.24) is 0 Å². The number of carbonyl (C=O) groups excluding carboxylic acids is 1. The quantitative estimate of drug-likeness (QED) is 0.263. The van der Waals surface area contributed by atoms with E-state index >= 15 is 0 Å². The van der Waals surface area contributed by atoms with Gasteiger partial charge < -0.3 is 9.11 Å². The van der Waals surface area contributed by atoms with Crippen molar-refractivity contribution in [1.29, 1.82) is 0 Å². The molecule has 0 aliphatic rings. The highest BCUT2D eigenvalue weighted by molar-refractivity contribution is 7.79. The molecule has 18 heavy (non-hydrogen) atoms. The summed E-state index contributed by atoms with van der Waals surface area (Å²) in [5.74, 6) is 0.0850. The molecule has 0 radical (unpaired) electrons. The zero-order valence-corrected chi connectivity index (χ0v) is 10.9. The van der Waals surface area contributed by atoms with Crippen LogP contribution >= 0.6 is 0 Å². The summed E-state index contributed by atoms with van der Waals surface area (Å²) >= 11 is 0. The molecule has 7 heteroatoms. The fourth-order valence-electron chi connectivity index (χ4n) is 1.22. The minimum absolute atomic E-state index is 0. The van der Waals surface area contributed by atoms with E-state index in [1.54, 1.807) is 6.92 Å². The molecular formula is C11H15NO5S. The van der Waals surface area contributed by atoms with Gasteiger partial charge >= 0.3 is 1.43 Å². The number of nitrogens with zero attached hydrogens (tertiary/aromatic N) is 1. The van der Waals surface area contributed by atoms with E-state index in [1.165, 1.54) is 0 Å². The van der Waals surface area contributed by atoms with Gasteiger partial charge in [-0.15, -0.1) is 0 Å². The molecule has 0 N–H and O–H groups in total. The molecule has 0 unspecified atom stereocenters. The van der Waals surface area contributed by atoms with E-state index in [4.69, 9.17) is 17.5 Å². The first-order valence-corrected chi connectivity index (χ1v) is 6.25. The maximum absolute atomic E-state index is 11.2. The van der Waals surface area contributed by atoms with Gasteiger partial charge in [-0.3, -0.25) is 13.2 Å². The lowest BCUT2D eigenvalue weighted by atomic mass is 10.2. The number of carbonyl (C=O) groups is 1. The minimum atomic E-state index is -5.17. The molecule has 0 aliphatic heterocycles. The van der Waals surface area contributed by atoms with Crippen molar-refractivity contribution in [3.63, 3.8) is 0 Å². The maximum Gasteiger partial charge on any atom is 1.00 e. The number of allylic oxidation sites excluding steroid dienone is 1. The van der Waals surface area contributed by atoms with Gasteiger partial charge in [0.15, 0.2) is 12.7 Å². The smallest absolute Gasteiger partial charge is 0.759 e. The lowest BCUT2D eigenvalue weighted by Gasteiger charge is -2.06. The number of hydrogen-bond donors (Lipinski definition) is 0. The molecule has 0 saturated heterocycles. The predicted octanol–water partition coefficient (Wildman–Crippen LogP) is 0.527. The van der Waals surface area contributed by atoms with Crippen LogP contribution in [0.25, 0.3) is 0 Å². The van der Waals surface area contributed by atoms with Gasteiger partial charge in [0.05, 0.1) is 0 Å². The molecule has 0 fully saturated rings. The Hall–Kier alpha value is -1.57. The molecule has 1 rings (SSSR count). The molecule has 0 aromatic carbocycles. The summed E-state index contributed by atoms with van der Waals surface area (Å²) in [5.41, 5.74) is 1.77. The molecule has 6 nitrogen and oxygen atoms in total. The molecule has 0 amide bonds. The molecule has 100 valence electrons. The summed E-state index contributed by atoms with van der Waals surface area (Å²) in [6.07, 6.45) is 1.89. The summed E-state index contributed by atoms with van der Waals surface area (Å²) in [4.78, 5) is 11.2. The third-order valence-electron chi connectivity index (χ3n) is 1.74. The van der Waals surface area contributed by atoms with Crippen molar-refractivity contribution >= 4 is 16.2 Å².